The molecule has 2 N–H and O–H groups in total. The van der Waals surface area contributed by atoms with E-state index in [0.29, 0.717) is 25.1 Å². The first-order valence-electron chi connectivity index (χ1n) is 12.8. The van der Waals surface area contributed by atoms with E-state index in [9.17, 15) is 15.0 Å². The molecular weight excluding hydrogens is 540 g/mol. The van der Waals surface area contributed by atoms with Crippen molar-refractivity contribution in [2.75, 3.05) is 20.1 Å². The Morgan fingerprint density at radius 2 is 2.19 bits per heavy atom. The lowest BCUT2D eigenvalue weighted by Gasteiger charge is -2.64. The molecule has 2 fully saturated rings. The number of benzene rings is 1. The predicted molar refractivity (Wildman–Crippen MR) is 145 cm³/mol. The number of aliphatic hydroxyl groups is 1. The van der Waals surface area contributed by atoms with Crippen molar-refractivity contribution >= 4 is 39.2 Å². The normalized spacial score (nSPS) is 32.6. The van der Waals surface area contributed by atoms with Crippen LogP contribution in [0.25, 0.3) is 6.08 Å². The van der Waals surface area contributed by atoms with E-state index in [4.69, 9.17) is 4.74 Å². The third-order valence-electron chi connectivity index (χ3n) is 8.92. The zero-order valence-corrected chi connectivity index (χ0v) is 23.3. The number of carbonyl (C=O) groups excluding carboxylic acids is 1. The van der Waals surface area contributed by atoms with Crippen molar-refractivity contribution in [3.8, 4) is 11.5 Å². The van der Waals surface area contributed by atoms with E-state index in [1.54, 1.807) is 23.5 Å². The maximum Gasteiger partial charge on any atom is 0.246 e. The van der Waals surface area contributed by atoms with Crippen LogP contribution in [-0.2, 0) is 16.6 Å². The third kappa shape index (κ3) is 3.37. The van der Waals surface area contributed by atoms with Gasteiger partial charge in [-0.1, -0.05) is 19.9 Å². The van der Waals surface area contributed by atoms with Crippen LogP contribution in [0.2, 0.25) is 0 Å². The number of hydrogen-bond donors (Lipinski definition) is 2. The number of likely N-dealkylation sites (tertiary alicyclic amines) is 1. The summed E-state index contributed by atoms with van der Waals surface area (Å²) in [5.41, 5.74) is 0.544. The Labute approximate surface area is 224 Å². The molecule has 2 aromatic rings. The number of aromatic hydroxyl groups is 1. The number of piperidine rings is 1. The molecule has 1 spiro atoms. The van der Waals surface area contributed by atoms with Crippen molar-refractivity contribution in [3.05, 3.63) is 50.1 Å². The average molecular weight is 574 g/mol. The van der Waals surface area contributed by atoms with Gasteiger partial charge >= 0.3 is 0 Å². The number of likely N-dealkylation sites (N-methyl/N-ethyl adjacent to an activating group) is 1. The summed E-state index contributed by atoms with van der Waals surface area (Å²) < 4.78 is 7.66. The second kappa shape index (κ2) is 8.58. The zero-order chi connectivity index (χ0) is 25.4. The van der Waals surface area contributed by atoms with Gasteiger partial charge in [0, 0.05) is 39.0 Å². The first-order valence-corrected chi connectivity index (χ1v) is 14.5. The molecule has 1 saturated heterocycles. The molecule has 5 atom stereocenters. The molecule has 6 nitrogen and oxygen atoms in total. The molecule has 2 aliphatic carbocycles. The van der Waals surface area contributed by atoms with Crippen LogP contribution in [0, 0.1) is 5.92 Å². The lowest BCUT2D eigenvalue weighted by molar-refractivity contribution is -0.197. The molecule has 3 heterocycles. The molecule has 6 rings (SSSR count). The van der Waals surface area contributed by atoms with E-state index in [-0.39, 0.29) is 29.7 Å². The number of amides is 1. The SMILES string of the molecule is CC(C)CN(C(=O)/C=C/c1cc(Br)cs1)C1CC[C@@]2(O)[C@H]3Cc4ccc(O)c5c4[C@@]2(CCN3C)C1O5. The van der Waals surface area contributed by atoms with Gasteiger partial charge in [-0.15, -0.1) is 11.3 Å². The van der Waals surface area contributed by atoms with E-state index >= 15 is 0 Å². The van der Waals surface area contributed by atoms with Gasteiger partial charge in [0.25, 0.3) is 0 Å². The van der Waals surface area contributed by atoms with Gasteiger partial charge < -0.3 is 24.7 Å². The van der Waals surface area contributed by atoms with Gasteiger partial charge in [-0.3, -0.25) is 4.79 Å². The summed E-state index contributed by atoms with van der Waals surface area (Å²) in [5, 5.41) is 25.3. The van der Waals surface area contributed by atoms with Crippen molar-refractivity contribution < 1.29 is 19.7 Å². The molecule has 1 aromatic heterocycles. The lowest BCUT2D eigenvalue weighted by atomic mass is 9.48. The molecule has 2 unspecified atom stereocenters. The van der Waals surface area contributed by atoms with E-state index in [1.807, 2.05) is 28.5 Å². The summed E-state index contributed by atoms with van der Waals surface area (Å²) in [4.78, 5) is 19.0. The van der Waals surface area contributed by atoms with Gasteiger partial charge in [-0.05, 0) is 84.9 Å². The van der Waals surface area contributed by atoms with Crippen molar-refractivity contribution in [2.45, 2.75) is 68.7 Å². The number of rotatable bonds is 5. The Kier molecular flexibility index (Phi) is 5.83. The Bertz CT molecular complexity index is 1240. The van der Waals surface area contributed by atoms with Gasteiger partial charge in [0.05, 0.1) is 17.1 Å². The van der Waals surface area contributed by atoms with Gasteiger partial charge in [-0.2, -0.15) is 0 Å². The van der Waals surface area contributed by atoms with Crippen LogP contribution >= 0.6 is 27.3 Å². The van der Waals surface area contributed by atoms with Crippen molar-refractivity contribution in [1.29, 1.82) is 0 Å². The summed E-state index contributed by atoms with van der Waals surface area (Å²) in [6.45, 7) is 5.70. The molecule has 1 amide bonds. The second-order valence-corrected chi connectivity index (χ2v) is 13.2. The molecule has 1 aromatic carbocycles. The van der Waals surface area contributed by atoms with Crippen LogP contribution in [0.1, 0.15) is 49.1 Å². The minimum Gasteiger partial charge on any atom is -0.504 e. The Morgan fingerprint density at radius 3 is 2.92 bits per heavy atom. The molecule has 2 bridgehead atoms. The molecule has 2 aliphatic heterocycles. The molecule has 192 valence electrons. The number of thiophene rings is 1. The molecule has 0 radical (unpaired) electrons. The maximum atomic E-state index is 13.7. The maximum absolute atomic E-state index is 13.7. The van der Waals surface area contributed by atoms with Gasteiger partial charge in [0.2, 0.25) is 5.91 Å². The summed E-state index contributed by atoms with van der Waals surface area (Å²) >= 11 is 5.07. The first kappa shape index (κ1) is 24.5. The highest BCUT2D eigenvalue weighted by atomic mass is 79.9. The number of phenols is 1. The summed E-state index contributed by atoms with van der Waals surface area (Å²) in [6, 6.07) is 5.52. The quantitative estimate of drug-likeness (QED) is 0.513. The minimum atomic E-state index is -0.959. The number of hydrogen-bond acceptors (Lipinski definition) is 6. The van der Waals surface area contributed by atoms with E-state index in [2.05, 4.69) is 41.7 Å². The third-order valence-corrected chi connectivity index (χ3v) is 10.6. The fourth-order valence-corrected chi connectivity index (χ4v) is 8.83. The smallest absolute Gasteiger partial charge is 0.246 e. The van der Waals surface area contributed by atoms with Crippen molar-refractivity contribution in [1.82, 2.24) is 9.80 Å². The monoisotopic (exact) mass is 572 g/mol. The van der Waals surface area contributed by atoms with E-state index in [1.165, 1.54) is 0 Å². The van der Waals surface area contributed by atoms with Crippen molar-refractivity contribution in [3.63, 3.8) is 0 Å². The molecular formula is C28H33BrN2O4S. The topological polar surface area (TPSA) is 73.2 Å². The number of ether oxygens (including phenoxy) is 1. The van der Waals surface area contributed by atoms with Crippen LogP contribution in [-0.4, -0.2) is 69.8 Å². The zero-order valence-electron chi connectivity index (χ0n) is 20.9. The van der Waals surface area contributed by atoms with Crippen LogP contribution in [0.3, 0.4) is 0 Å². The molecule has 4 aliphatic rings. The minimum absolute atomic E-state index is 0.00675. The predicted octanol–water partition coefficient (Wildman–Crippen LogP) is 4.57. The number of halogens is 1. The highest BCUT2D eigenvalue weighted by Crippen LogP contribution is 2.65. The van der Waals surface area contributed by atoms with Gasteiger partial charge in [0.1, 0.15) is 6.10 Å². The van der Waals surface area contributed by atoms with E-state index < -0.39 is 17.1 Å². The highest BCUT2D eigenvalue weighted by molar-refractivity contribution is 9.10. The van der Waals surface area contributed by atoms with E-state index in [0.717, 1.165) is 39.9 Å². The van der Waals surface area contributed by atoms with Gasteiger partial charge in [-0.25, -0.2) is 0 Å². The average Bonchev–Trinajstić information content (AvgIpc) is 3.41. The molecule has 8 heteroatoms. The van der Waals surface area contributed by atoms with Gasteiger partial charge in [0.15, 0.2) is 11.5 Å². The summed E-state index contributed by atoms with van der Waals surface area (Å²) in [6.07, 6.45) is 5.89. The van der Waals surface area contributed by atoms with Crippen LogP contribution in [0.15, 0.2) is 34.1 Å². The Hall–Kier alpha value is -1.87. The first-order chi connectivity index (χ1) is 17.2. The largest absolute Gasteiger partial charge is 0.504 e. The fourth-order valence-electron chi connectivity index (χ4n) is 7.49. The number of carbonyl (C=O) groups is 1. The van der Waals surface area contributed by atoms with Crippen LogP contribution < -0.4 is 4.74 Å². The lowest BCUT2D eigenvalue weighted by Crippen LogP contribution is -2.78. The van der Waals surface area contributed by atoms with Crippen LogP contribution in [0.5, 0.6) is 11.5 Å². The summed E-state index contributed by atoms with van der Waals surface area (Å²) in [7, 11) is 2.10. The van der Waals surface area contributed by atoms with Crippen LogP contribution in [0.4, 0.5) is 0 Å². The fraction of sp³-hybridized carbons (Fsp3) is 0.536. The number of phenolic OH excluding ortho intramolecular Hbond substituents is 1. The Morgan fingerprint density at radius 1 is 1.39 bits per heavy atom. The molecule has 36 heavy (non-hydrogen) atoms. The Balaban J connectivity index is 1.43. The summed E-state index contributed by atoms with van der Waals surface area (Å²) in [5.74, 6) is 0.882. The van der Waals surface area contributed by atoms with Crippen molar-refractivity contribution in [2.24, 2.45) is 5.92 Å². The number of nitrogens with zero attached hydrogens (tertiary/aromatic N) is 2. The highest BCUT2D eigenvalue weighted by Gasteiger charge is 2.73. The molecule has 1 saturated carbocycles. The standard InChI is InChI=1S/C28H33BrN2O4S/c1-16(2)14-31(23(33)7-5-19-13-18(29)15-36-19)20-8-9-28(34)22-12-17-4-6-21(32)25-24(17)27(28,26(20)35-25)10-11-30(22)3/h4-7,13,15-16,20,22,26,32,34H,8-12,14H2,1-3H3/b7-5+/t20?,22-,26?,27+,28-/m1/s1. The second-order valence-electron chi connectivity index (χ2n) is 11.3.